The monoisotopic (exact) mass is 354 g/mol. The van der Waals surface area contributed by atoms with Gasteiger partial charge in [-0.25, -0.2) is 9.37 Å². The lowest BCUT2D eigenvalue weighted by Gasteiger charge is -2.31. The molecule has 1 fully saturated rings. The Hall–Kier alpha value is -1.99. The molecule has 0 aliphatic carbocycles. The van der Waals surface area contributed by atoms with Crippen molar-refractivity contribution >= 4 is 17.5 Å². The van der Waals surface area contributed by atoms with E-state index in [-0.39, 0.29) is 18.1 Å². The van der Waals surface area contributed by atoms with Gasteiger partial charge in [0.15, 0.2) is 0 Å². The summed E-state index contributed by atoms with van der Waals surface area (Å²) in [6, 6.07) is 4.52. The van der Waals surface area contributed by atoms with Gasteiger partial charge in [-0.2, -0.15) is 9.37 Å². The van der Waals surface area contributed by atoms with E-state index in [0.717, 1.165) is 25.8 Å². The summed E-state index contributed by atoms with van der Waals surface area (Å²) >= 11 is 5.71. The van der Waals surface area contributed by atoms with Gasteiger partial charge in [0.05, 0.1) is 6.20 Å². The molecule has 1 aromatic carbocycles. The van der Waals surface area contributed by atoms with E-state index < -0.39 is 11.6 Å². The lowest BCUT2D eigenvalue weighted by Crippen LogP contribution is -2.49. The highest BCUT2D eigenvalue weighted by Crippen LogP contribution is 2.21. The zero-order chi connectivity index (χ0) is 17.1. The third-order valence-electron chi connectivity index (χ3n) is 3.73. The molecule has 1 aliphatic rings. The maximum atomic E-state index is 13.9. The highest BCUT2D eigenvalue weighted by Gasteiger charge is 2.20. The Labute approximate surface area is 143 Å². The van der Waals surface area contributed by atoms with E-state index in [9.17, 15) is 8.78 Å². The molecule has 0 amide bonds. The standard InChI is InChI=1S/C16H17ClF2N4O/c1-10-8-23(5-4-20-10)16-21-7-14(19)15(22-16)24-9-11-2-3-12(17)6-13(11)18/h2-3,6-7,10,20H,4-5,8-9H2,1H3/t10-/m0/s1. The first-order valence-electron chi connectivity index (χ1n) is 7.60. The van der Waals surface area contributed by atoms with Crippen molar-refractivity contribution in [3.63, 3.8) is 0 Å². The molecule has 1 aliphatic heterocycles. The molecule has 0 bridgehead atoms. The Morgan fingerprint density at radius 3 is 2.96 bits per heavy atom. The van der Waals surface area contributed by atoms with E-state index in [2.05, 4.69) is 22.2 Å². The minimum absolute atomic E-state index is 0.145. The molecule has 0 spiro atoms. The van der Waals surface area contributed by atoms with Crippen LogP contribution in [0.2, 0.25) is 5.02 Å². The molecule has 1 saturated heterocycles. The number of piperazine rings is 1. The molecule has 3 rings (SSSR count). The molecule has 1 N–H and O–H groups in total. The van der Waals surface area contributed by atoms with E-state index in [4.69, 9.17) is 16.3 Å². The number of aromatic nitrogens is 2. The lowest BCUT2D eigenvalue weighted by atomic mass is 10.2. The van der Waals surface area contributed by atoms with Crippen molar-refractivity contribution < 1.29 is 13.5 Å². The highest BCUT2D eigenvalue weighted by atomic mass is 35.5. The van der Waals surface area contributed by atoms with Crippen LogP contribution in [-0.2, 0) is 6.61 Å². The van der Waals surface area contributed by atoms with Gasteiger partial charge in [-0.05, 0) is 19.1 Å². The van der Waals surface area contributed by atoms with Crippen LogP contribution in [0, 0.1) is 11.6 Å². The third kappa shape index (κ3) is 3.91. The summed E-state index contributed by atoms with van der Waals surface area (Å²) in [5.41, 5.74) is 0.273. The second kappa shape index (κ2) is 7.27. The summed E-state index contributed by atoms with van der Waals surface area (Å²) in [6.07, 6.45) is 1.07. The van der Waals surface area contributed by atoms with Crippen LogP contribution in [0.25, 0.3) is 0 Å². The van der Waals surface area contributed by atoms with Gasteiger partial charge in [0, 0.05) is 36.3 Å². The summed E-state index contributed by atoms with van der Waals surface area (Å²) in [7, 11) is 0. The predicted molar refractivity (Wildman–Crippen MR) is 87.4 cm³/mol. The van der Waals surface area contributed by atoms with Crippen LogP contribution in [0.4, 0.5) is 14.7 Å². The van der Waals surface area contributed by atoms with Crippen molar-refractivity contribution in [3.05, 3.63) is 46.6 Å². The zero-order valence-electron chi connectivity index (χ0n) is 13.1. The van der Waals surface area contributed by atoms with E-state index >= 15 is 0 Å². The minimum atomic E-state index is -0.684. The largest absolute Gasteiger partial charge is 0.470 e. The number of halogens is 3. The fourth-order valence-electron chi connectivity index (χ4n) is 2.50. The molecule has 0 saturated carbocycles. The van der Waals surface area contributed by atoms with Gasteiger partial charge in [-0.15, -0.1) is 0 Å². The second-order valence-corrected chi connectivity index (χ2v) is 6.09. The van der Waals surface area contributed by atoms with E-state index in [1.165, 1.54) is 12.1 Å². The Kier molecular flexibility index (Phi) is 5.11. The van der Waals surface area contributed by atoms with Gasteiger partial charge in [0.1, 0.15) is 12.4 Å². The summed E-state index contributed by atoms with van der Waals surface area (Å²) in [6.45, 7) is 4.15. The molecule has 0 radical (unpaired) electrons. The van der Waals surface area contributed by atoms with Crippen LogP contribution in [0.3, 0.4) is 0 Å². The Morgan fingerprint density at radius 1 is 1.38 bits per heavy atom. The van der Waals surface area contributed by atoms with Gasteiger partial charge in [0.2, 0.25) is 11.8 Å². The number of ether oxygens (including phenoxy) is 1. The quantitative estimate of drug-likeness (QED) is 0.915. The van der Waals surface area contributed by atoms with Crippen molar-refractivity contribution in [3.8, 4) is 5.88 Å². The molecule has 1 aromatic heterocycles. The average molecular weight is 355 g/mol. The first-order valence-corrected chi connectivity index (χ1v) is 7.98. The first-order chi connectivity index (χ1) is 11.5. The number of benzene rings is 1. The molecule has 8 heteroatoms. The maximum Gasteiger partial charge on any atom is 0.255 e. The van der Waals surface area contributed by atoms with Gasteiger partial charge < -0.3 is 15.0 Å². The molecule has 128 valence electrons. The van der Waals surface area contributed by atoms with E-state index in [1.54, 1.807) is 6.07 Å². The van der Waals surface area contributed by atoms with E-state index in [1.807, 2.05) is 4.90 Å². The van der Waals surface area contributed by atoms with Crippen molar-refractivity contribution in [1.29, 1.82) is 0 Å². The van der Waals surface area contributed by atoms with Crippen molar-refractivity contribution in [2.24, 2.45) is 0 Å². The fourth-order valence-corrected chi connectivity index (χ4v) is 2.65. The van der Waals surface area contributed by atoms with Gasteiger partial charge in [-0.3, -0.25) is 0 Å². The molecular formula is C16H17ClF2N4O. The maximum absolute atomic E-state index is 13.9. The van der Waals surface area contributed by atoms with Gasteiger partial charge in [0.25, 0.3) is 5.88 Å². The molecule has 5 nitrogen and oxygen atoms in total. The number of anilines is 1. The second-order valence-electron chi connectivity index (χ2n) is 5.65. The predicted octanol–water partition coefficient (Wildman–Crippen LogP) is 2.79. The van der Waals surface area contributed by atoms with E-state index in [0.29, 0.717) is 17.0 Å². The van der Waals surface area contributed by atoms with Crippen LogP contribution < -0.4 is 15.0 Å². The Bertz CT molecular complexity index is 731. The number of rotatable bonds is 4. The van der Waals surface area contributed by atoms with Crippen LogP contribution >= 0.6 is 11.6 Å². The van der Waals surface area contributed by atoms with Crippen molar-refractivity contribution in [2.45, 2.75) is 19.6 Å². The van der Waals surface area contributed by atoms with Crippen LogP contribution in [0.15, 0.2) is 24.4 Å². The number of nitrogens with one attached hydrogen (secondary N) is 1. The van der Waals surface area contributed by atoms with Crippen LogP contribution in [0.1, 0.15) is 12.5 Å². The zero-order valence-corrected chi connectivity index (χ0v) is 13.9. The van der Waals surface area contributed by atoms with Crippen LogP contribution in [-0.4, -0.2) is 35.6 Å². The van der Waals surface area contributed by atoms with Crippen molar-refractivity contribution in [2.75, 3.05) is 24.5 Å². The summed E-state index contributed by atoms with van der Waals surface area (Å²) in [4.78, 5) is 10.1. The summed E-state index contributed by atoms with van der Waals surface area (Å²) in [5, 5.41) is 3.60. The number of hydrogen-bond donors (Lipinski definition) is 1. The average Bonchev–Trinajstić information content (AvgIpc) is 2.55. The molecule has 2 aromatic rings. The molecule has 1 atom stereocenters. The Morgan fingerprint density at radius 2 is 2.21 bits per heavy atom. The first kappa shape index (κ1) is 16.9. The summed E-state index contributed by atoms with van der Waals surface area (Å²) < 4.78 is 33.0. The number of nitrogens with zero attached hydrogens (tertiary/aromatic N) is 3. The fraction of sp³-hybridized carbons (Fsp3) is 0.375. The van der Waals surface area contributed by atoms with Gasteiger partial charge in [-0.1, -0.05) is 17.7 Å². The molecular weight excluding hydrogens is 338 g/mol. The smallest absolute Gasteiger partial charge is 0.255 e. The number of hydrogen-bond acceptors (Lipinski definition) is 5. The third-order valence-corrected chi connectivity index (χ3v) is 3.97. The topological polar surface area (TPSA) is 50.3 Å². The minimum Gasteiger partial charge on any atom is -0.470 e. The Balaban J connectivity index is 1.74. The lowest BCUT2D eigenvalue weighted by molar-refractivity contribution is 0.271. The van der Waals surface area contributed by atoms with Crippen molar-refractivity contribution in [1.82, 2.24) is 15.3 Å². The summed E-state index contributed by atoms with van der Waals surface area (Å²) in [5.74, 6) is -0.985. The molecule has 2 heterocycles. The van der Waals surface area contributed by atoms with Gasteiger partial charge >= 0.3 is 0 Å². The highest BCUT2D eigenvalue weighted by molar-refractivity contribution is 6.30. The molecule has 0 unspecified atom stereocenters. The molecule has 24 heavy (non-hydrogen) atoms. The SMILES string of the molecule is C[C@H]1CN(c2ncc(F)c(OCc3ccc(Cl)cc3F)n2)CCN1. The van der Waals surface area contributed by atoms with Crippen LogP contribution in [0.5, 0.6) is 5.88 Å². The normalized spacial score (nSPS) is 17.8.